The summed E-state index contributed by atoms with van der Waals surface area (Å²) in [5.74, 6) is -0.709. The Morgan fingerprint density at radius 2 is 2.06 bits per heavy atom. The van der Waals surface area contributed by atoms with E-state index in [9.17, 15) is 13.2 Å². The van der Waals surface area contributed by atoms with Gasteiger partial charge in [0.15, 0.2) is 0 Å². The van der Waals surface area contributed by atoms with E-state index in [4.69, 9.17) is 10.9 Å². The minimum atomic E-state index is -3.57. The molecular weight excluding hydrogens is 242 g/mol. The van der Waals surface area contributed by atoms with E-state index >= 15 is 0 Å². The normalized spacial score (nSPS) is 11.2. The second-order valence-corrected chi connectivity index (χ2v) is 5.45. The van der Waals surface area contributed by atoms with Gasteiger partial charge in [-0.15, -0.1) is 0 Å². The van der Waals surface area contributed by atoms with Gasteiger partial charge in [0.1, 0.15) is 0 Å². The smallest absolute Gasteiger partial charge is 0.253 e. The van der Waals surface area contributed by atoms with E-state index in [2.05, 4.69) is 5.32 Å². The van der Waals surface area contributed by atoms with Gasteiger partial charge < -0.3 is 11.1 Å². The van der Waals surface area contributed by atoms with Crippen molar-refractivity contribution in [2.75, 3.05) is 18.0 Å². The number of carbonyl (C=O) groups excluding carboxylic acids is 1. The van der Waals surface area contributed by atoms with Crippen molar-refractivity contribution in [2.24, 2.45) is 5.14 Å². The second kappa shape index (κ2) is 5.15. The number of rotatable bonds is 4. The van der Waals surface area contributed by atoms with Crippen LogP contribution >= 0.6 is 0 Å². The molecule has 6 nitrogen and oxygen atoms in total. The summed E-state index contributed by atoms with van der Waals surface area (Å²) in [7, 11) is -3.57. The van der Waals surface area contributed by atoms with Crippen molar-refractivity contribution >= 4 is 21.6 Å². The maximum Gasteiger partial charge on any atom is 0.253 e. The van der Waals surface area contributed by atoms with Crippen LogP contribution in [0.5, 0.6) is 0 Å². The number of anilines is 1. The Hall–Kier alpha value is -1.60. The maximum atomic E-state index is 11.7. The van der Waals surface area contributed by atoms with Gasteiger partial charge in [-0.1, -0.05) is 11.6 Å². The molecule has 1 rings (SSSR count). The summed E-state index contributed by atoms with van der Waals surface area (Å²) in [6.07, 6.45) is 0. The fourth-order valence-electron chi connectivity index (χ4n) is 1.27. The van der Waals surface area contributed by atoms with Crippen LogP contribution in [0.15, 0.2) is 18.2 Å². The summed E-state index contributed by atoms with van der Waals surface area (Å²) in [4.78, 5) is 11.7. The van der Waals surface area contributed by atoms with Crippen LogP contribution in [0.1, 0.15) is 15.9 Å². The van der Waals surface area contributed by atoms with Crippen molar-refractivity contribution in [3.63, 3.8) is 0 Å². The molecule has 0 fully saturated rings. The zero-order valence-electron chi connectivity index (χ0n) is 9.43. The molecule has 0 bridgehead atoms. The monoisotopic (exact) mass is 257 g/mol. The van der Waals surface area contributed by atoms with Gasteiger partial charge in [-0.05, 0) is 19.1 Å². The second-order valence-electron chi connectivity index (χ2n) is 3.71. The Balaban J connectivity index is 2.67. The molecule has 1 aromatic rings. The zero-order valence-corrected chi connectivity index (χ0v) is 10.3. The standard InChI is InChI=1S/C10H15N3O3S/c1-7-2-3-9(11)8(6-7)10(14)13-4-5-17(12,15)16/h2-3,6H,4-5,11H2,1H3,(H,13,14)(H2,12,15,16). The van der Waals surface area contributed by atoms with Crippen LogP contribution in [0.3, 0.4) is 0 Å². The molecule has 0 aliphatic carbocycles. The molecule has 0 aromatic heterocycles. The molecule has 17 heavy (non-hydrogen) atoms. The summed E-state index contributed by atoms with van der Waals surface area (Å²) < 4.78 is 21.3. The lowest BCUT2D eigenvalue weighted by molar-refractivity contribution is 0.0957. The predicted octanol–water partition coefficient (Wildman–Crippen LogP) is -0.404. The summed E-state index contributed by atoms with van der Waals surface area (Å²) >= 11 is 0. The SMILES string of the molecule is Cc1ccc(N)c(C(=O)NCCS(N)(=O)=O)c1. The number of aryl methyl sites for hydroxylation is 1. The van der Waals surface area contributed by atoms with Crippen LogP contribution in [0.4, 0.5) is 5.69 Å². The molecule has 0 heterocycles. The van der Waals surface area contributed by atoms with E-state index in [1.807, 2.05) is 6.92 Å². The lowest BCUT2D eigenvalue weighted by Crippen LogP contribution is -2.31. The summed E-state index contributed by atoms with van der Waals surface area (Å²) in [6.45, 7) is 1.80. The first kappa shape index (κ1) is 13.5. The van der Waals surface area contributed by atoms with E-state index in [1.165, 1.54) is 0 Å². The highest BCUT2D eigenvalue weighted by Crippen LogP contribution is 2.13. The molecule has 0 unspecified atom stereocenters. The molecule has 0 spiro atoms. The molecule has 0 atom stereocenters. The molecule has 94 valence electrons. The average molecular weight is 257 g/mol. The first-order chi connectivity index (χ1) is 7.79. The number of hydrogen-bond acceptors (Lipinski definition) is 4. The molecule has 0 saturated heterocycles. The molecule has 0 radical (unpaired) electrons. The van der Waals surface area contributed by atoms with Crippen LogP contribution in [0.2, 0.25) is 0 Å². The van der Waals surface area contributed by atoms with Gasteiger partial charge in [0.25, 0.3) is 5.91 Å². The minimum Gasteiger partial charge on any atom is -0.398 e. The largest absolute Gasteiger partial charge is 0.398 e. The third-order valence-corrected chi connectivity index (χ3v) is 2.90. The first-order valence-corrected chi connectivity index (χ1v) is 6.66. The quantitative estimate of drug-likeness (QED) is 0.636. The Kier molecular flexibility index (Phi) is 4.08. The van der Waals surface area contributed by atoms with Crippen LogP contribution in [0.25, 0.3) is 0 Å². The highest BCUT2D eigenvalue weighted by molar-refractivity contribution is 7.89. The molecule has 1 aromatic carbocycles. The van der Waals surface area contributed by atoms with Gasteiger partial charge in [-0.3, -0.25) is 4.79 Å². The number of carbonyl (C=O) groups is 1. The van der Waals surface area contributed by atoms with Crippen LogP contribution in [0, 0.1) is 6.92 Å². The lowest BCUT2D eigenvalue weighted by Gasteiger charge is -2.07. The topological polar surface area (TPSA) is 115 Å². The van der Waals surface area contributed by atoms with Crippen molar-refractivity contribution < 1.29 is 13.2 Å². The molecule has 0 saturated carbocycles. The molecule has 1 amide bonds. The van der Waals surface area contributed by atoms with E-state index in [0.29, 0.717) is 11.3 Å². The lowest BCUT2D eigenvalue weighted by atomic mass is 10.1. The van der Waals surface area contributed by atoms with Gasteiger partial charge >= 0.3 is 0 Å². The molecule has 7 heteroatoms. The third-order valence-electron chi connectivity index (χ3n) is 2.13. The third kappa shape index (κ3) is 4.41. The molecular formula is C10H15N3O3S. The van der Waals surface area contributed by atoms with Gasteiger partial charge in [-0.2, -0.15) is 0 Å². The zero-order chi connectivity index (χ0) is 13.1. The van der Waals surface area contributed by atoms with Crippen molar-refractivity contribution in [2.45, 2.75) is 6.92 Å². The minimum absolute atomic E-state index is 0.0367. The number of benzene rings is 1. The first-order valence-electron chi connectivity index (χ1n) is 4.94. The van der Waals surface area contributed by atoms with Crippen molar-refractivity contribution in [1.29, 1.82) is 0 Å². The Morgan fingerprint density at radius 1 is 1.41 bits per heavy atom. The van der Waals surface area contributed by atoms with Crippen molar-refractivity contribution in [1.82, 2.24) is 5.32 Å². The van der Waals surface area contributed by atoms with Gasteiger partial charge in [-0.25, -0.2) is 13.6 Å². The number of hydrogen-bond donors (Lipinski definition) is 3. The molecule has 0 aliphatic heterocycles. The Morgan fingerprint density at radius 3 is 2.65 bits per heavy atom. The number of nitrogens with two attached hydrogens (primary N) is 2. The molecule has 0 aliphatic rings. The van der Waals surface area contributed by atoms with Gasteiger partial charge in [0.2, 0.25) is 10.0 Å². The van der Waals surface area contributed by atoms with E-state index in [-0.39, 0.29) is 12.3 Å². The predicted molar refractivity (Wildman–Crippen MR) is 65.9 cm³/mol. The van der Waals surface area contributed by atoms with Crippen molar-refractivity contribution in [3.8, 4) is 0 Å². The summed E-state index contributed by atoms with van der Waals surface area (Å²) in [6, 6.07) is 5.06. The average Bonchev–Trinajstić information content (AvgIpc) is 2.19. The van der Waals surface area contributed by atoms with Crippen molar-refractivity contribution in [3.05, 3.63) is 29.3 Å². The van der Waals surface area contributed by atoms with Crippen LogP contribution < -0.4 is 16.2 Å². The number of primary sulfonamides is 1. The van der Waals surface area contributed by atoms with Crippen LogP contribution in [-0.2, 0) is 10.0 Å². The summed E-state index contributed by atoms with van der Waals surface area (Å²) in [5, 5.41) is 7.26. The number of nitrogens with one attached hydrogen (secondary N) is 1. The van der Waals surface area contributed by atoms with E-state index < -0.39 is 15.9 Å². The van der Waals surface area contributed by atoms with E-state index in [0.717, 1.165) is 5.56 Å². The molecule has 5 N–H and O–H groups in total. The van der Waals surface area contributed by atoms with Gasteiger partial charge in [0, 0.05) is 12.2 Å². The fourth-order valence-corrected chi connectivity index (χ4v) is 1.66. The summed E-state index contributed by atoms with van der Waals surface area (Å²) in [5.41, 5.74) is 7.23. The Labute approximate surface area is 100 Å². The Bertz CT molecular complexity index is 526. The highest BCUT2D eigenvalue weighted by atomic mass is 32.2. The van der Waals surface area contributed by atoms with Gasteiger partial charge in [0.05, 0.1) is 11.3 Å². The fraction of sp³-hybridized carbons (Fsp3) is 0.300. The van der Waals surface area contributed by atoms with Crippen LogP contribution in [-0.4, -0.2) is 26.6 Å². The maximum absolute atomic E-state index is 11.7. The van der Waals surface area contributed by atoms with E-state index in [1.54, 1.807) is 18.2 Å². The number of amides is 1. The highest BCUT2D eigenvalue weighted by Gasteiger charge is 2.10. The number of sulfonamides is 1. The number of nitrogen functional groups attached to an aromatic ring is 1.